The highest BCUT2D eigenvalue weighted by Crippen LogP contribution is 2.39. The highest BCUT2D eigenvalue weighted by molar-refractivity contribution is 6.74. The predicted molar refractivity (Wildman–Crippen MR) is 143 cm³/mol. The smallest absolute Gasteiger partial charge is 0.192 e. The molecular weight excluding hydrogens is 428 g/mol. The van der Waals surface area contributed by atoms with Gasteiger partial charge in [0.15, 0.2) is 8.32 Å². The number of aliphatic hydroxyl groups excluding tert-OH is 1. The zero-order chi connectivity index (χ0) is 25.2. The molecule has 0 radical (unpaired) electrons. The van der Waals surface area contributed by atoms with E-state index < -0.39 is 14.4 Å². The minimum absolute atomic E-state index is 0.00336. The van der Waals surface area contributed by atoms with Crippen molar-refractivity contribution in [1.29, 1.82) is 0 Å². The van der Waals surface area contributed by atoms with Crippen molar-refractivity contribution < 1.29 is 19.0 Å². The first-order valence-corrected chi connectivity index (χ1v) is 16.0. The van der Waals surface area contributed by atoms with Crippen LogP contribution in [0.5, 0.6) is 0 Å². The Morgan fingerprint density at radius 1 is 1.15 bits per heavy atom. The van der Waals surface area contributed by atoms with E-state index in [9.17, 15) is 5.11 Å². The molecule has 0 aromatic carbocycles. The molecule has 0 saturated carbocycles. The Labute approximate surface area is 206 Å². The molecule has 1 rings (SSSR count). The van der Waals surface area contributed by atoms with Crippen molar-refractivity contribution in [1.82, 2.24) is 0 Å². The number of methoxy groups -OCH3 is 1. The fraction of sp³-hybridized carbons (Fsp3) is 0.857. The van der Waals surface area contributed by atoms with Gasteiger partial charge in [-0.15, -0.1) is 6.58 Å². The van der Waals surface area contributed by atoms with Gasteiger partial charge in [-0.2, -0.15) is 0 Å². The highest BCUT2D eigenvalue weighted by Gasteiger charge is 2.40. The first-order valence-electron chi connectivity index (χ1n) is 13.1. The van der Waals surface area contributed by atoms with Crippen molar-refractivity contribution in [3.05, 3.63) is 24.8 Å². The van der Waals surface area contributed by atoms with Crippen molar-refractivity contribution in [2.45, 2.75) is 135 Å². The Morgan fingerprint density at radius 3 is 2.36 bits per heavy atom. The molecule has 0 unspecified atom stereocenters. The summed E-state index contributed by atoms with van der Waals surface area (Å²) < 4.78 is 19.2. The summed E-state index contributed by atoms with van der Waals surface area (Å²) in [6.45, 7) is 22.1. The molecule has 1 heterocycles. The van der Waals surface area contributed by atoms with Crippen LogP contribution < -0.4 is 0 Å². The zero-order valence-electron chi connectivity index (χ0n) is 23.1. The molecule has 1 fully saturated rings. The summed E-state index contributed by atoms with van der Waals surface area (Å²) in [6.07, 6.45) is 12.6. The van der Waals surface area contributed by atoms with E-state index in [4.69, 9.17) is 13.9 Å². The summed E-state index contributed by atoms with van der Waals surface area (Å²) >= 11 is 0. The average Bonchev–Trinajstić information content (AvgIpc) is 2.68. The molecule has 0 aromatic heterocycles. The Bertz CT molecular complexity index is 581. The summed E-state index contributed by atoms with van der Waals surface area (Å²) in [5.41, 5.74) is 0. The molecule has 1 aliphatic heterocycles. The van der Waals surface area contributed by atoms with E-state index in [2.05, 4.69) is 73.4 Å². The van der Waals surface area contributed by atoms with Gasteiger partial charge < -0.3 is 19.0 Å². The lowest BCUT2D eigenvalue weighted by Crippen LogP contribution is -2.45. The maximum Gasteiger partial charge on any atom is 0.192 e. The lowest BCUT2D eigenvalue weighted by atomic mass is 9.87. The molecule has 4 nitrogen and oxygen atoms in total. The minimum atomic E-state index is -1.88. The van der Waals surface area contributed by atoms with Gasteiger partial charge in [0.2, 0.25) is 0 Å². The van der Waals surface area contributed by atoms with E-state index in [1.165, 1.54) is 0 Å². The van der Waals surface area contributed by atoms with Crippen LogP contribution in [0.3, 0.4) is 0 Å². The molecule has 194 valence electrons. The van der Waals surface area contributed by atoms with E-state index >= 15 is 0 Å². The van der Waals surface area contributed by atoms with E-state index in [-0.39, 0.29) is 29.5 Å². The first kappa shape index (κ1) is 30.6. The first-order chi connectivity index (χ1) is 15.3. The third kappa shape index (κ3) is 11.2. The Hall–Kier alpha value is -0.463. The summed E-state index contributed by atoms with van der Waals surface area (Å²) in [7, 11) is -0.146. The van der Waals surface area contributed by atoms with Gasteiger partial charge in [-0.3, -0.25) is 0 Å². The molecule has 5 heteroatoms. The van der Waals surface area contributed by atoms with Crippen molar-refractivity contribution in [2.75, 3.05) is 7.11 Å². The number of ether oxygens (including phenoxy) is 2. The largest absolute Gasteiger partial charge is 0.410 e. The molecule has 0 aliphatic carbocycles. The normalized spacial score (nSPS) is 25.4. The van der Waals surface area contributed by atoms with Gasteiger partial charge in [-0.05, 0) is 62.1 Å². The molecule has 6 atom stereocenters. The highest BCUT2D eigenvalue weighted by atomic mass is 28.4. The topological polar surface area (TPSA) is 47.9 Å². The van der Waals surface area contributed by atoms with Gasteiger partial charge in [-0.25, -0.2) is 0 Å². The maximum absolute atomic E-state index is 10.2. The third-order valence-electron chi connectivity index (χ3n) is 7.45. The van der Waals surface area contributed by atoms with Gasteiger partial charge >= 0.3 is 0 Å². The van der Waals surface area contributed by atoms with Crippen LogP contribution >= 0.6 is 0 Å². The lowest BCUT2D eigenvalue weighted by Gasteiger charge is -2.41. The minimum Gasteiger partial charge on any atom is -0.410 e. The quantitative estimate of drug-likeness (QED) is 0.209. The fourth-order valence-electron chi connectivity index (χ4n) is 4.17. The van der Waals surface area contributed by atoms with Crippen LogP contribution in [0.1, 0.15) is 86.5 Å². The molecule has 0 aromatic rings. The van der Waals surface area contributed by atoms with Gasteiger partial charge in [-0.1, -0.05) is 59.8 Å². The van der Waals surface area contributed by atoms with Gasteiger partial charge in [0.05, 0.1) is 30.5 Å². The van der Waals surface area contributed by atoms with Crippen LogP contribution in [-0.2, 0) is 13.9 Å². The Kier molecular flexibility index (Phi) is 13.1. The SMILES string of the molecule is C=CC[C@H](O)C[C@@H](C[C@H]1O[C@H](C[C@H](/C=C/CC(C)C)O[Si](C)(C)C(C)(C)C)CC[C@@H]1C)OC. The van der Waals surface area contributed by atoms with Crippen LogP contribution in [0.25, 0.3) is 0 Å². The molecule has 1 aliphatic rings. The molecule has 33 heavy (non-hydrogen) atoms. The summed E-state index contributed by atoms with van der Waals surface area (Å²) in [6, 6.07) is 0. The van der Waals surface area contributed by atoms with Crippen LogP contribution in [0, 0.1) is 11.8 Å². The Morgan fingerprint density at radius 2 is 1.82 bits per heavy atom. The van der Waals surface area contributed by atoms with Gasteiger partial charge in [0.1, 0.15) is 0 Å². The van der Waals surface area contributed by atoms with E-state index in [1.54, 1.807) is 13.2 Å². The third-order valence-corrected chi connectivity index (χ3v) is 12.0. The standard InChI is InChI=1S/C28H54O4Si/c1-11-13-23(29)18-26(30-8)20-27-22(4)16-17-24(31-27)19-25(15-12-14-21(2)3)32-33(9,10)28(5,6)7/h11-12,15,21-27,29H,1,13-14,16-20H2,2-10H3/b15-12+/t22-,23-,24-,25-,26-,27+/m0/s1. The second-order valence-corrected chi connectivity index (χ2v) is 16.8. The molecule has 1 N–H and O–H groups in total. The average molecular weight is 483 g/mol. The monoisotopic (exact) mass is 482 g/mol. The molecule has 0 spiro atoms. The summed E-state index contributed by atoms with van der Waals surface area (Å²) in [4.78, 5) is 0. The van der Waals surface area contributed by atoms with E-state index in [0.29, 0.717) is 24.7 Å². The molecular formula is C28H54O4Si. The second-order valence-electron chi connectivity index (χ2n) is 12.1. The number of rotatable bonds is 14. The number of aliphatic hydroxyl groups is 1. The van der Waals surface area contributed by atoms with Crippen LogP contribution in [0.4, 0.5) is 0 Å². The predicted octanol–water partition coefficient (Wildman–Crippen LogP) is 7.29. The van der Waals surface area contributed by atoms with Crippen molar-refractivity contribution in [3.63, 3.8) is 0 Å². The summed E-state index contributed by atoms with van der Waals surface area (Å²) in [5, 5.41) is 10.4. The maximum atomic E-state index is 10.2. The summed E-state index contributed by atoms with van der Waals surface area (Å²) in [5.74, 6) is 1.14. The van der Waals surface area contributed by atoms with E-state index in [1.807, 2.05) is 0 Å². The van der Waals surface area contributed by atoms with Crippen LogP contribution in [-0.4, -0.2) is 51.1 Å². The van der Waals surface area contributed by atoms with Gasteiger partial charge in [0, 0.05) is 20.0 Å². The van der Waals surface area contributed by atoms with Crippen LogP contribution in [0.2, 0.25) is 18.1 Å². The number of hydrogen-bond acceptors (Lipinski definition) is 4. The van der Waals surface area contributed by atoms with Crippen molar-refractivity contribution in [3.8, 4) is 0 Å². The Balaban J connectivity index is 2.85. The zero-order valence-corrected chi connectivity index (χ0v) is 24.1. The van der Waals surface area contributed by atoms with Crippen molar-refractivity contribution >= 4 is 8.32 Å². The van der Waals surface area contributed by atoms with E-state index in [0.717, 1.165) is 32.1 Å². The fourth-order valence-corrected chi connectivity index (χ4v) is 5.45. The number of allylic oxidation sites excluding steroid dienone is 1. The lowest BCUT2D eigenvalue weighted by molar-refractivity contribution is -0.111. The second kappa shape index (κ2) is 14.2. The van der Waals surface area contributed by atoms with Crippen molar-refractivity contribution in [2.24, 2.45) is 11.8 Å². The molecule has 0 amide bonds. The molecule has 1 saturated heterocycles. The van der Waals surface area contributed by atoms with Gasteiger partial charge in [0.25, 0.3) is 0 Å². The number of hydrogen-bond donors (Lipinski definition) is 1. The molecule has 0 bridgehead atoms. The van der Waals surface area contributed by atoms with Crippen LogP contribution in [0.15, 0.2) is 24.8 Å².